The lowest BCUT2D eigenvalue weighted by atomic mass is 9.95. The van der Waals surface area contributed by atoms with Gasteiger partial charge in [-0.25, -0.2) is 4.79 Å². The molecule has 1 heterocycles. The zero-order valence-electron chi connectivity index (χ0n) is 32.9. The van der Waals surface area contributed by atoms with Gasteiger partial charge in [0.2, 0.25) is 0 Å². The van der Waals surface area contributed by atoms with Gasteiger partial charge in [-0.15, -0.1) is 20.5 Å². The summed E-state index contributed by atoms with van der Waals surface area (Å²) in [6, 6.07) is 17.3. The van der Waals surface area contributed by atoms with E-state index in [9.17, 15) is 10.1 Å². The second-order valence-electron chi connectivity index (χ2n) is 14.1. The van der Waals surface area contributed by atoms with Gasteiger partial charge in [0.25, 0.3) is 0 Å². The van der Waals surface area contributed by atoms with Crippen molar-refractivity contribution in [1.29, 1.82) is 5.26 Å². The van der Waals surface area contributed by atoms with E-state index in [0.717, 1.165) is 50.0 Å². The van der Waals surface area contributed by atoms with Crippen LogP contribution < -0.4 is 4.90 Å². The Balaban J connectivity index is 1.71. The van der Waals surface area contributed by atoms with Crippen LogP contribution in [0.3, 0.4) is 0 Å². The van der Waals surface area contributed by atoms with Crippen LogP contribution in [0, 0.1) is 36.0 Å². The van der Waals surface area contributed by atoms with Gasteiger partial charge in [0, 0.05) is 18.8 Å². The minimum atomic E-state index is -0.326. The van der Waals surface area contributed by atoms with Crippen LogP contribution in [0.2, 0.25) is 0 Å². The molecule has 0 N–H and O–H groups in total. The Morgan fingerprint density at radius 1 is 0.769 bits per heavy atom. The van der Waals surface area contributed by atoms with Crippen molar-refractivity contribution in [2.75, 3.05) is 24.6 Å². The SMILES string of the molecule is CCCCC(CC)COC(=O)c1ccc(N=Nc2cc(C#N)c(N=Nc3ccc(N(CC(CC)CCCC)CC(CC)CCCC)cc3C)s2)cc1. The second-order valence-corrected chi connectivity index (χ2v) is 15.1. The number of azo groups is 2. The Morgan fingerprint density at radius 2 is 1.37 bits per heavy atom. The molecule has 0 saturated heterocycles. The predicted molar refractivity (Wildman–Crippen MR) is 217 cm³/mol. The minimum absolute atomic E-state index is 0.326. The van der Waals surface area contributed by atoms with Gasteiger partial charge in [-0.05, 0) is 98.0 Å². The number of rotatable bonds is 24. The third-order valence-electron chi connectivity index (χ3n) is 10.0. The van der Waals surface area contributed by atoms with Gasteiger partial charge in [0.1, 0.15) is 11.1 Å². The standard InChI is InChI=1S/C43H62N6O2S/c1-8-14-17-33(11-4)29-49(30-34(12-5)18-15-9-2)39-24-25-40(32(7)26-39)46-48-42-37(28-44)27-41(52-42)47-45-38-22-20-36(21-23-38)43(50)51-31-35(13-6)19-16-10-3/h20-27,33-35H,8-19,29-31H2,1-7H3. The Kier molecular flexibility index (Phi) is 19.3. The summed E-state index contributed by atoms with van der Waals surface area (Å²) in [5, 5.41) is 28.6. The Hall–Kier alpha value is -3.90. The minimum Gasteiger partial charge on any atom is -0.462 e. The number of hydrogen-bond acceptors (Lipinski definition) is 9. The Labute approximate surface area is 317 Å². The highest BCUT2D eigenvalue weighted by Crippen LogP contribution is 2.38. The molecule has 282 valence electrons. The highest BCUT2D eigenvalue weighted by atomic mass is 32.1. The van der Waals surface area contributed by atoms with Gasteiger partial charge in [-0.3, -0.25) is 0 Å². The molecule has 0 bridgehead atoms. The van der Waals surface area contributed by atoms with Gasteiger partial charge in [-0.2, -0.15) is 5.26 Å². The fraction of sp³-hybridized carbons (Fsp3) is 0.581. The molecule has 0 radical (unpaired) electrons. The molecule has 1 aromatic heterocycles. The molecule has 3 aromatic rings. The number of ether oxygens (including phenoxy) is 1. The fourth-order valence-electron chi connectivity index (χ4n) is 6.31. The van der Waals surface area contributed by atoms with E-state index in [2.05, 4.69) is 98.1 Å². The van der Waals surface area contributed by atoms with E-state index in [0.29, 0.717) is 51.2 Å². The first-order chi connectivity index (χ1) is 25.3. The van der Waals surface area contributed by atoms with Gasteiger partial charge >= 0.3 is 5.97 Å². The number of esters is 1. The molecule has 0 spiro atoms. The molecule has 2 aromatic carbocycles. The van der Waals surface area contributed by atoms with Gasteiger partial charge < -0.3 is 9.64 Å². The quantitative estimate of drug-likeness (QED) is 0.0677. The van der Waals surface area contributed by atoms with Crippen molar-refractivity contribution in [1.82, 2.24) is 0 Å². The lowest BCUT2D eigenvalue weighted by Crippen LogP contribution is -2.34. The molecule has 3 rings (SSSR count). The Morgan fingerprint density at radius 3 is 1.90 bits per heavy atom. The number of anilines is 1. The van der Waals surface area contributed by atoms with Crippen LogP contribution in [-0.4, -0.2) is 25.7 Å². The summed E-state index contributed by atoms with van der Waals surface area (Å²) in [7, 11) is 0. The predicted octanol–water partition coefficient (Wildman–Crippen LogP) is 14.4. The zero-order chi connectivity index (χ0) is 37.7. The number of nitriles is 1. The van der Waals surface area contributed by atoms with Crippen LogP contribution >= 0.6 is 11.3 Å². The number of aryl methyl sites for hydroxylation is 1. The third kappa shape index (κ3) is 13.9. The molecule has 9 heteroatoms. The fourth-order valence-corrected chi connectivity index (χ4v) is 7.06. The van der Waals surface area contributed by atoms with E-state index in [1.807, 2.05) is 0 Å². The summed E-state index contributed by atoms with van der Waals surface area (Å²) in [5.41, 5.74) is 4.57. The maximum Gasteiger partial charge on any atom is 0.338 e. The molecule has 0 amide bonds. The van der Waals surface area contributed by atoms with Crippen molar-refractivity contribution in [3.8, 4) is 6.07 Å². The summed E-state index contributed by atoms with van der Waals surface area (Å²) in [5.74, 6) is 1.43. The first-order valence-corrected chi connectivity index (χ1v) is 20.6. The van der Waals surface area contributed by atoms with E-state index < -0.39 is 0 Å². The molecule has 8 nitrogen and oxygen atoms in total. The van der Waals surface area contributed by atoms with E-state index in [1.54, 1.807) is 30.3 Å². The zero-order valence-corrected chi connectivity index (χ0v) is 33.7. The molecule has 52 heavy (non-hydrogen) atoms. The molecule has 0 aliphatic rings. The molecule has 3 atom stereocenters. The summed E-state index contributed by atoms with van der Waals surface area (Å²) < 4.78 is 5.57. The van der Waals surface area contributed by atoms with Crippen molar-refractivity contribution in [3.63, 3.8) is 0 Å². The van der Waals surface area contributed by atoms with Crippen molar-refractivity contribution in [2.24, 2.45) is 38.2 Å². The lowest BCUT2D eigenvalue weighted by Gasteiger charge is -2.33. The largest absolute Gasteiger partial charge is 0.462 e. The normalized spacial score (nSPS) is 13.3. The monoisotopic (exact) mass is 726 g/mol. The average molecular weight is 727 g/mol. The third-order valence-corrected chi connectivity index (χ3v) is 10.9. The first kappa shape index (κ1) is 42.5. The summed E-state index contributed by atoms with van der Waals surface area (Å²) >= 11 is 1.27. The number of thiophene rings is 1. The number of hydrogen-bond donors (Lipinski definition) is 0. The maximum absolute atomic E-state index is 12.6. The van der Waals surface area contributed by atoms with Crippen LogP contribution in [0.15, 0.2) is 69.0 Å². The number of carbonyl (C=O) groups is 1. The van der Waals surface area contributed by atoms with Crippen LogP contribution in [0.25, 0.3) is 0 Å². The van der Waals surface area contributed by atoms with Crippen molar-refractivity contribution in [2.45, 2.75) is 126 Å². The maximum atomic E-state index is 12.6. The summed E-state index contributed by atoms with van der Waals surface area (Å²) in [4.78, 5) is 15.2. The van der Waals surface area contributed by atoms with Crippen molar-refractivity contribution >= 4 is 44.4 Å². The van der Waals surface area contributed by atoms with E-state index in [4.69, 9.17) is 4.74 Å². The smallest absolute Gasteiger partial charge is 0.338 e. The molecular formula is C43H62N6O2S. The number of benzene rings is 2. The Bertz CT molecular complexity index is 1570. The van der Waals surface area contributed by atoms with Crippen LogP contribution in [0.5, 0.6) is 0 Å². The van der Waals surface area contributed by atoms with Gasteiger partial charge in [0.15, 0.2) is 5.00 Å². The van der Waals surface area contributed by atoms with E-state index in [-0.39, 0.29) is 5.97 Å². The second kappa shape index (κ2) is 23.6. The first-order valence-electron chi connectivity index (χ1n) is 19.8. The molecule has 0 saturated carbocycles. The highest BCUT2D eigenvalue weighted by Gasteiger charge is 2.19. The van der Waals surface area contributed by atoms with Crippen molar-refractivity contribution < 1.29 is 9.53 Å². The van der Waals surface area contributed by atoms with Gasteiger partial charge in [0.05, 0.1) is 29.1 Å². The van der Waals surface area contributed by atoms with Gasteiger partial charge in [-0.1, -0.05) is 111 Å². The molecule has 0 aliphatic carbocycles. The molecule has 0 aliphatic heterocycles. The van der Waals surface area contributed by atoms with Crippen molar-refractivity contribution in [3.05, 3.63) is 65.2 Å². The van der Waals surface area contributed by atoms with Crippen LogP contribution in [0.1, 0.15) is 140 Å². The highest BCUT2D eigenvalue weighted by molar-refractivity contribution is 7.19. The van der Waals surface area contributed by atoms with Crippen LogP contribution in [-0.2, 0) is 4.74 Å². The van der Waals surface area contributed by atoms with E-state index in [1.165, 1.54) is 68.4 Å². The molecule has 0 fully saturated rings. The number of unbranched alkanes of at least 4 members (excludes halogenated alkanes) is 3. The average Bonchev–Trinajstić information content (AvgIpc) is 3.58. The topological polar surface area (TPSA) is 103 Å². The lowest BCUT2D eigenvalue weighted by molar-refractivity contribution is 0.0428. The van der Waals surface area contributed by atoms with Crippen LogP contribution in [0.4, 0.5) is 27.1 Å². The summed E-state index contributed by atoms with van der Waals surface area (Å²) in [6.07, 6.45) is 14.3. The molecular weight excluding hydrogens is 665 g/mol. The number of carbonyl (C=O) groups excluding carboxylic acids is 1. The number of nitrogens with zero attached hydrogens (tertiary/aromatic N) is 6. The summed E-state index contributed by atoms with van der Waals surface area (Å²) in [6.45, 7) is 18.2. The van der Waals surface area contributed by atoms with E-state index >= 15 is 0 Å². The molecule has 3 unspecified atom stereocenters.